The number of carboxylic acid groups (broad SMARTS) is 1. The van der Waals surface area contributed by atoms with Crippen LogP contribution in [0.4, 0.5) is 0 Å². The fourth-order valence-corrected chi connectivity index (χ4v) is 4.44. The highest BCUT2D eigenvalue weighted by molar-refractivity contribution is 7.80. The Morgan fingerprint density at radius 3 is 2.41 bits per heavy atom. The van der Waals surface area contributed by atoms with Gasteiger partial charge in [0, 0.05) is 35.7 Å². The van der Waals surface area contributed by atoms with E-state index in [-0.39, 0.29) is 30.9 Å². The molecule has 4 amide bonds. The van der Waals surface area contributed by atoms with Gasteiger partial charge in [0.2, 0.25) is 23.6 Å². The number of benzene rings is 1. The van der Waals surface area contributed by atoms with Crippen molar-refractivity contribution in [2.75, 3.05) is 12.3 Å². The Labute approximate surface area is 218 Å². The molecule has 1 aromatic carbocycles. The first-order valence-corrected chi connectivity index (χ1v) is 12.6. The molecule has 37 heavy (non-hydrogen) atoms. The largest absolute Gasteiger partial charge is 0.480 e. The van der Waals surface area contributed by atoms with Crippen LogP contribution in [0.25, 0.3) is 10.9 Å². The molecule has 1 aliphatic heterocycles. The number of carboxylic acids is 1. The minimum absolute atomic E-state index is 0.0428. The van der Waals surface area contributed by atoms with Crippen molar-refractivity contribution < 1.29 is 29.1 Å². The first-order chi connectivity index (χ1) is 17.7. The SMILES string of the molecule is NC(=O)CCC(NC(=O)C1CCCN1)C(=O)NC(Cc1c[nH]c2ccccc12)C(=O)NC(CS)C(=O)O. The number of fused-ring (bicyclic) bond motifs is 1. The molecule has 8 N–H and O–H groups in total. The second-order valence-electron chi connectivity index (χ2n) is 8.92. The minimum Gasteiger partial charge on any atom is -0.480 e. The number of carbonyl (C=O) groups is 5. The van der Waals surface area contributed by atoms with Crippen molar-refractivity contribution >= 4 is 53.1 Å². The average Bonchev–Trinajstić information content (AvgIpc) is 3.55. The van der Waals surface area contributed by atoms with Crippen molar-refractivity contribution in [2.24, 2.45) is 5.73 Å². The summed E-state index contributed by atoms with van der Waals surface area (Å²) in [6.07, 6.45) is 2.97. The lowest BCUT2D eigenvalue weighted by Crippen LogP contribution is -2.57. The topological polar surface area (TPSA) is 196 Å². The number of aromatic nitrogens is 1. The number of nitrogens with two attached hydrogens (primary N) is 1. The van der Waals surface area contributed by atoms with Gasteiger partial charge in [0.15, 0.2) is 0 Å². The van der Waals surface area contributed by atoms with Gasteiger partial charge in [-0.3, -0.25) is 19.2 Å². The highest BCUT2D eigenvalue weighted by Crippen LogP contribution is 2.19. The molecule has 0 radical (unpaired) electrons. The molecule has 1 aliphatic rings. The van der Waals surface area contributed by atoms with Crippen LogP contribution in [0.15, 0.2) is 30.5 Å². The van der Waals surface area contributed by atoms with Gasteiger partial charge in [0.1, 0.15) is 18.1 Å². The number of hydrogen-bond acceptors (Lipinski definition) is 7. The fourth-order valence-electron chi connectivity index (χ4n) is 4.20. The zero-order valence-electron chi connectivity index (χ0n) is 20.2. The monoisotopic (exact) mass is 532 g/mol. The highest BCUT2D eigenvalue weighted by atomic mass is 32.1. The van der Waals surface area contributed by atoms with Crippen LogP contribution in [-0.4, -0.2) is 76.2 Å². The highest BCUT2D eigenvalue weighted by Gasteiger charge is 2.32. The number of amides is 4. The number of rotatable bonds is 13. The van der Waals surface area contributed by atoms with E-state index < -0.39 is 47.9 Å². The van der Waals surface area contributed by atoms with Crippen LogP contribution in [0.5, 0.6) is 0 Å². The van der Waals surface area contributed by atoms with Crippen molar-refractivity contribution in [3.05, 3.63) is 36.0 Å². The number of primary amides is 1. The van der Waals surface area contributed by atoms with Gasteiger partial charge in [-0.15, -0.1) is 0 Å². The van der Waals surface area contributed by atoms with Crippen molar-refractivity contribution in [2.45, 2.75) is 56.3 Å². The Morgan fingerprint density at radius 2 is 1.76 bits per heavy atom. The van der Waals surface area contributed by atoms with Gasteiger partial charge in [-0.05, 0) is 37.4 Å². The van der Waals surface area contributed by atoms with Crippen LogP contribution in [0.2, 0.25) is 0 Å². The molecule has 0 saturated carbocycles. The molecule has 2 aromatic rings. The minimum atomic E-state index is -1.27. The third kappa shape index (κ3) is 7.70. The maximum Gasteiger partial charge on any atom is 0.327 e. The van der Waals surface area contributed by atoms with Gasteiger partial charge in [0.25, 0.3) is 0 Å². The van der Waals surface area contributed by atoms with Crippen LogP contribution in [0, 0.1) is 0 Å². The standard InChI is InChI=1S/C24H32N6O6S/c25-20(31)8-7-17(28-21(32)16-6-3-9-26-16)22(33)29-18(23(34)30-19(12-37)24(35)36)10-13-11-27-15-5-2-1-4-14(13)15/h1-2,4-5,11,16-19,26-27,37H,3,6-10,12H2,(H2,25,31)(H,28,32)(H,29,33)(H,30,34)(H,35,36). The van der Waals surface area contributed by atoms with Crippen molar-refractivity contribution in [1.82, 2.24) is 26.3 Å². The van der Waals surface area contributed by atoms with Gasteiger partial charge >= 0.3 is 5.97 Å². The van der Waals surface area contributed by atoms with Gasteiger partial charge in [-0.2, -0.15) is 12.6 Å². The van der Waals surface area contributed by atoms with E-state index in [0.717, 1.165) is 22.9 Å². The quantitative estimate of drug-likeness (QED) is 0.155. The van der Waals surface area contributed by atoms with Crippen LogP contribution in [0.3, 0.4) is 0 Å². The summed E-state index contributed by atoms with van der Waals surface area (Å²) in [6.45, 7) is 0.680. The molecule has 1 aromatic heterocycles. The van der Waals surface area contributed by atoms with E-state index in [4.69, 9.17) is 5.73 Å². The number of aliphatic carboxylic acids is 1. The molecule has 12 nitrogen and oxygen atoms in total. The van der Waals surface area contributed by atoms with E-state index in [2.05, 4.69) is 38.9 Å². The fraction of sp³-hybridized carbons (Fsp3) is 0.458. The summed E-state index contributed by atoms with van der Waals surface area (Å²) < 4.78 is 0. The molecule has 1 saturated heterocycles. The summed E-state index contributed by atoms with van der Waals surface area (Å²) in [7, 11) is 0. The second-order valence-corrected chi connectivity index (χ2v) is 9.29. The summed E-state index contributed by atoms with van der Waals surface area (Å²) in [5.41, 5.74) is 6.81. The summed E-state index contributed by atoms with van der Waals surface area (Å²) in [5.74, 6) is -3.86. The molecule has 1 fully saturated rings. The lowest BCUT2D eigenvalue weighted by atomic mass is 10.0. The van der Waals surface area contributed by atoms with Crippen molar-refractivity contribution in [3.8, 4) is 0 Å². The normalized spacial score (nSPS) is 17.5. The molecular weight excluding hydrogens is 500 g/mol. The molecule has 0 spiro atoms. The van der Waals surface area contributed by atoms with Gasteiger partial charge in [-0.1, -0.05) is 18.2 Å². The smallest absolute Gasteiger partial charge is 0.327 e. The summed E-state index contributed by atoms with van der Waals surface area (Å²) in [6, 6.07) is 3.38. The van der Waals surface area contributed by atoms with E-state index in [9.17, 15) is 29.1 Å². The molecular formula is C24H32N6O6S. The number of para-hydroxylation sites is 1. The summed E-state index contributed by atoms with van der Waals surface area (Å²) >= 11 is 3.98. The van der Waals surface area contributed by atoms with Crippen LogP contribution >= 0.6 is 12.6 Å². The van der Waals surface area contributed by atoms with Gasteiger partial charge in [0.05, 0.1) is 6.04 Å². The maximum absolute atomic E-state index is 13.3. The first-order valence-electron chi connectivity index (χ1n) is 12.0. The second kappa shape index (κ2) is 13.1. The molecule has 2 heterocycles. The summed E-state index contributed by atoms with van der Waals surface area (Å²) in [4.78, 5) is 65.0. The van der Waals surface area contributed by atoms with Crippen molar-refractivity contribution in [3.63, 3.8) is 0 Å². The van der Waals surface area contributed by atoms with E-state index in [1.807, 2.05) is 24.3 Å². The molecule has 0 bridgehead atoms. The number of carbonyl (C=O) groups excluding carboxylic acids is 4. The average molecular weight is 533 g/mol. The van der Waals surface area contributed by atoms with Gasteiger partial charge < -0.3 is 37.1 Å². The molecule has 4 unspecified atom stereocenters. The lowest BCUT2D eigenvalue weighted by molar-refractivity contribution is -0.141. The van der Waals surface area contributed by atoms with Gasteiger partial charge in [-0.25, -0.2) is 4.79 Å². The number of aromatic amines is 1. The molecule has 0 aliphatic carbocycles. The van der Waals surface area contributed by atoms with Crippen LogP contribution in [0.1, 0.15) is 31.2 Å². The Bertz CT molecular complexity index is 1150. The third-order valence-electron chi connectivity index (χ3n) is 6.22. The van der Waals surface area contributed by atoms with Crippen LogP contribution < -0.4 is 27.0 Å². The Hall–Kier alpha value is -3.58. The van der Waals surface area contributed by atoms with E-state index >= 15 is 0 Å². The molecule has 3 rings (SSSR count). The van der Waals surface area contributed by atoms with E-state index in [1.165, 1.54) is 0 Å². The van der Waals surface area contributed by atoms with Crippen LogP contribution in [-0.2, 0) is 30.4 Å². The third-order valence-corrected chi connectivity index (χ3v) is 6.58. The molecule has 4 atom stereocenters. The Kier molecular flexibility index (Phi) is 9.92. The molecule has 200 valence electrons. The number of thiol groups is 1. The Balaban J connectivity index is 1.82. The predicted molar refractivity (Wildman–Crippen MR) is 139 cm³/mol. The number of nitrogens with one attached hydrogen (secondary N) is 5. The Morgan fingerprint density at radius 1 is 1.05 bits per heavy atom. The lowest BCUT2D eigenvalue weighted by Gasteiger charge is -2.25. The van der Waals surface area contributed by atoms with E-state index in [1.54, 1.807) is 6.20 Å². The number of hydrogen-bond donors (Lipinski definition) is 8. The zero-order valence-corrected chi connectivity index (χ0v) is 21.1. The molecule has 13 heteroatoms. The maximum atomic E-state index is 13.3. The predicted octanol–water partition coefficient (Wildman–Crippen LogP) is -0.803. The van der Waals surface area contributed by atoms with Crippen molar-refractivity contribution in [1.29, 1.82) is 0 Å². The number of H-pyrrole nitrogens is 1. The van der Waals surface area contributed by atoms with E-state index in [0.29, 0.717) is 13.0 Å². The first kappa shape index (κ1) is 28.0. The zero-order chi connectivity index (χ0) is 26.9. The summed E-state index contributed by atoms with van der Waals surface area (Å²) in [5, 5.41) is 20.9.